The normalized spacial score (nSPS) is 20.6. The molecule has 0 aliphatic carbocycles. The standard InChI is InChI=1S/C31H27NO10/c1-3-4-19-18(31(37)42-32-19)13-28-30(16-5-7-20(34)25(10-16)38-2)41-26-9-15(6-8-23(26)39-28)24-14-22(36)29-21(35)11-17(33)12-27(29)40-24/h5-14,19,28,30,32-35H,3-4H2,1-2H3/b18-13+. The highest BCUT2D eigenvalue weighted by molar-refractivity contribution is 5.91. The van der Waals surface area contributed by atoms with Gasteiger partial charge in [-0.2, -0.15) is 0 Å². The molecule has 4 aromatic rings. The van der Waals surface area contributed by atoms with Crippen LogP contribution in [0, 0.1) is 0 Å². The van der Waals surface area contributed by atoms with E-state index in [1.165, 1.54) is 25.3 Å². The fraction of sp³-hybridized carbons (Fsp3) is 0.226. The number of hydrogen-bond donors (Lipinski definition) is 4. The topological polar surface area (TPSA) is 157 Å². The molecule has 11 nitrogen and oxygen atoms in total. The second kappa shape index (κ2) is 10.7. The molecule has 3 atom stereocenters. The van der Waals surface area contributed by atoms with Gasteiger partial charge in [0.2, 0.25) is 0 Å². The van der Waals surface area contributed by atoms with Crippen molar-refractivity contribution in [1.82, 2.24) is 5.48 Å². The fourth-order valence-electron chi connectivity index (χ4n) is 5.16. The number of phenols is 3. The highest BCUT2D eigenvalue weighted by atomic mass is 16.7. The number of carbonyl (C=O) groups is 1. The van der Waals surface area contributed by atoms with Gasteiger partial charge in [0.05, 0.1) is 18.7 Å². The van der Waals surface area contributed by atoms with Gasteiger partial charge in [-0.3, -0.25) is 4.79 Å². The third kappa shape index (κ3) is 4.83. The number of benzene rings is 3. The van der Waals surface area contributed by atoms with Gasteiger partial charge in [-0.15, -0.1) is 5.48 Å². The first-order chi connectivity index (χ1) is 20.2. The van der Waals surface area contributed by atoms with Crippen LogP contribution in [0.1, 0.15) is 31.4 Å². The van der Waals surface area contributed by atoms with Gasteiger partial charge in [0, 0.05) is 29.3 Å². The second-order valence-electron chi connectivity index (χ2n) is 10.00. The SMILES string of the molecule is CCCC1NOC(=O)/C1=C/C1Oc2ccc(-c3cc(=O)c4c(O)cc(O)cc4o3)cc2OC1c1ccc(O)c(OC)c1. The Morgan fingerprint density at radius 3 is 2.57 bits per heavy atom. The van der Waals surface area contributed by atoms with Crippen LogP contribution in [0.5, 0.6) is 34.5 Å². The van der Waals surface area contributed by atoms with E-state index in [4.69, 9.17) is 23.5 Å². The molecule has 3 unspecified atom stereocenters. The molecule has 0 amide bonds. The molecular weight excluding hydrogens is 546 g/mol. The Hall–Kier alpha value is -5.16. The molecule has 3 aromatic carbocycles. The van der Waals surface area contributed by atoms with Crippen molar-refractivity contribution in [2.75, 3.05) is 7.11 Å². The Morgan fingerprint density at radius 2 is 1.79 bits per heavy atom. The van der Waals surface area contributed by atoms with Crippen LogP contribution in [0.15, 0.2) is 75.5 Å². The minimum Gasteiger partial charge on any atom is -0.508 e. The zero-order chi connectivity index (χ0) is 29.5. The summed E-state index contributed by atoms with van der Waals surface area (Å²) in [6.07, 6.45) is 1.65. The molecule has 1 fully saturated rings. The summed E-state index contributed by atoms with van der Waals surface area (Å²) in [4.78, 5) is 30.4. The van der Waals surface area contributed by atoms with Crippen molar-refractivity contribution in [2.45, 2.75) is 38.0 Å². The zero-order valence-corrected chi connectivity index (χ0v) is 22.6. The van der Waals surface area contributed by atoms with E-state index in [0.29, 0.717) is 34.6 Å². The average Bonchev–Trinajstić information content (AvgIpc) is 3.30. The zero-order valence-electron chi connectivity index (χ0n) is 22.6. The van der Waals surface area contributed by atoms with Crippen molar-refractivity contribution >= 4 is 16.9 Å². The van der Waals surface area contributed by atoms with E-state index >= 15 is 0 Å². The van der Waals surface area contributed by atoms with Gasteiger partial charge in [-0.1, -0.05) is 19.4 Å². The summed E-state index contributed by atoms with van der Waals surface area (Å²) in [6, 6.07) is 13.0. The molecule has 42 heavy (non-hydrogen) atoms. The second-order valence-corrected chi connectivity index (χ2v) is 10.00. The monoisotopic (exact) mass is 573 g/mol. The Bertz CT molecular complexity index is 1790. The van der Waals surface area contributed by atoms with E-state index in [1.807, 2.05) is 6.92 Å². The van der Waals surface area contributed by atoms with Crippen molar-refractivity contribution in [3.8, 4) is 45.8 Å². The summed E-state index contributed by atoms with van der Waals surface area (Å²) in [5.41, 5.74) is 3.80. The van der Waals surface area contributed by atoms with Crippen molar-refractivity contribution in [1.29, 1.82) is 0 Å². The summed E-state index contributed by atoms with van der Waals surface area (Å²) in [7, 11) is 1.43. The molecule has 2 aliphatic heterocycles. The predicted octanol–water partition coefficient (Wildman–Crippen LogP) is 4.62. The molecule has 6 rings (SSSR count). The van der Waals surface area contributed by atoms with Gasteiger partial charge in [-0.05, 0) is 42.8 Å². The summed E-state index contributed by atoms with van der Waals surface area (Å²) in [5.74, 6) is -0.0605. The minimum atomic E-state index is -0.775. The Kier molecular flexibility index (Phi) is 6.87. The molecule has 0 saturated carbocycles. The lowest BCUT2D eigenvalue weighted by Gasteiger charge is -2.33. The molecule has 11 heteroatoms. The highest BCUT2D eigenvalue weighted by Gasteiger charge is 2.37. The number of hydroxylamine groups is 1. The number of nitrogens with one attached hydrogen (secondary N) is 1. The number of phenolic OH excluding ortho intramolecular Hbond substituents is 3. The Labute approximate surface area is 239 Å². The smallest absolute Gasteiger partial charge is 0.354 e. The van der Waals surface area contributed by atoms with Crippen LogP contribution < -0.4 is 25.1 Å². The van der Waals surface area contributed by atoms with E-state index < -0.39 is 23.6 Å². The molecule has 1 aromatic heterocycles. The lowest BCUT2D eigenvalue weighted by Crippen LogP contribution is -2.33. The number of methoxy groups -OCH3 is 1. The maximum absolute atomic E-state index is 12.8. The van der Waals surface area contributed by atoms with Gasteiger partial charge in [0.15, 0.2) is 40.6 Å². The van der Waals surface area contributed by atoms with Gasteiger partial charge in [0.1, 0.15) is 28.2 Å². The lowest BCUT2D eigenvalue weighted by molar-refractivity contribution is -0.140. The minimum absolute atomic E-state index is 0.0179. The third-order valence-corrected chi connectivity index (χ3v) is 7.20. The Morgan fingerprint density at radius 1 is 0.952 bits per heavy atom. The fourth-order valence-corrected chi connectivity index (χ4v) is 5.16. The van der Waals surface area contributed by atoms with Crippen LogP contribution in [-0.4, -0.2) is 40.5 Å². The van der Waals surface area contributed by atoms with Crippen molar-refractivity contribution < 1.29 is 43.6 Å². The summed E-state index contributed by atoms with van der Waals surface area (Å²) < 4.78 is 24.0. The van der Waals surface area contributed by atoms with Crippen molar-refractivity contribution in [2.24, 2.45) is 0 Å². The molecule has 3 heterocycles. The number of rotatable bonds is 6. The molecule has 0 spiro atoms. The number of fused-ring (bicyclic) bond motifs is 2. The van der Waals surface area contributed by atoms with Gasteiger partial charge in [0.25, 0.3) is 0 Å². The third-order valence-electron chi connectivity index (χ3n) is 7.20. The summed E-state index contributed by atoms with van der Waals surface area (Å²) in [6.45, 7) is 2.00. The van der Waals surface area contributed by atoms with Crippen LogP contribution in [0.2, 0.25) is 0 Å². The summed E-state index contributed by atoms with van der Waals surface area (Å²) in [5, 5.41) is 30.1. The van der Waals surface area contributed by atoms with Gasteiger partial charge >= 0.3 is 5.97 Å². The molecule has 0 bridgehead atoms. The lowest BCUT2D eigenvalue weighted by atomic mass is 9.96. The predicted molar refractivity (Wildman–Crippen MR) is 150 cm³/mol. The van der Waals surface area contributed by atoms with Crippen LogP contribution in [0.3, 0.4) is 0 Å². The molecule has 1 saturated heterocycles. The largest absolute Gasteiger partial charge is 0.508 e. The van der Waals surface area contributed by atoms with E-state index in [2.05, 4.69) is 5.48 Å². The first-order valence-corrected chi connectivity index (χ1v) is 13.3. The van der Waals surface area contributed by atoms with Gasteiger partial charge in [-0.25, -0.2) is 4.79 Å². The molecule has 216 valence electrons. The maximum atomic E-state index is 12.8. The van der Waals surface area contributed by atoms with E-state index in [1.54, 1.807) is 36.4 Å². The maximum Gasteiger partial charge on any atom is 0.354 e. The first kappa shape index (κ1) is 27.0. The number of hydrogen-bond acceptors (Lipinski definition) is 11. The van der Waals surface area contributed by atoms with E-state index in [9.17, 15) is 24.9 Å². The molecule has 4 N–H and O–H groups in total. The number of aromatic hydroxyl groups is 3. The summed E-state index contributed by atoms with van der Waals surface area (Å²) >= 11 is 0. The van der Waals surface area contributed by atoms with Gasteiger partial charge < -0.3 is 38.8 Å². The van der Waals surface area contributed by atoms with Crippen LogP contribution >= 0.6 is 0 Å². The quantitative estimate of drug-likeness (QED) is 0.239. The molecular formula is C31H27NO10. The molecule has 2 aliphatic rings. The van der Waals surface area contributed by atoms with Crippen LogP contribution in [0.25, 0.3) is 22.3 Å². The Balaban J connectivity index is 1.43. The van der Waals surface area contributed by atoms with Crippen LogP contribution in [-0.2, 0) is 9.63 Å². The van der Waals surface area contributed by atoms with Crippen molar-refractivity contribution in [3.05, 3.63) is 82.0 Å². The highest BCUT2D eigenvalue weighted by Crippen LogP contribution is 2.44. The van der Waals surface area contributed by atoms with Crippen LogP contribution in [0.4, 0.5) is 0 Å². The first-order valence-electron chi connectivity index (χ1n) is 13.3. The number of ether oxygens (including phenoxy) is 3. The molecule has 0 radical (unpaired) electrons. The number of carbonyl (C=O) groups excluding carboxylic acids is 1. The average molecular weight is 574 g/mol. The van der Waals surface area contributed by atoms with Crippen molar-refractivity contribution in [3.63, 3.8) is 0 Å². The van der Waals surface area contributed by atoms with E-state index in [-0.39, 0.29) is 45.8 Å². The van der Waals surface area contributed by atoms with E-state index in [0.717, 1.165) is 12.5 Å².